The Morgan fingerprint density at radius 2 is 1.82 bits per heavy atom. The molecule has 2 aromatic rings. The lowest BCUT2D eigenvalue weighted by Gasteiger charge is -2.54. The van der Waals surface area contributed by atoms with Gasteiger partial charge in [-0.3, -0.25) is 9.58 Å². The van der Waals surface area contributed by atoms with Gasteiger partial charge in [0, 0.05) is 35.4 Å². The zero-order valence-electron chi connectivity index (χ0n) is 20.8. The molecule has 3 fully saturated rings. The number of halogens is 1. The largest absolute Gasteiger partial charge is 0.443 e. The van der Waals surface area contributed by atoms with Crippen LogP contribution in [0, 0.1) is 5.41 Å². The second-order valence-corrected chi connectivity index (χ2v) is 12.3. The van der Waals surface area contributed by atoms with Gasteiger partial charge in [-0.15, -0.1) is 0 Å². The highest BCUT2D eigenvalue weighted by Crippen LogP contribution is 2.58. The van der Waals surface area contributed by atoms with E-state index in [9.17, 15) is 4.79 Å². The van der Waals surface area contributed by atoms with E-state index >= 15 is 0 Å². The van der Waals surface area contributed by atoms with E-state index in [0.717, 1.165) is 43.0 Å². The monoisotopic (exact) mass is 516 g/mol. The molecule has 2 bridgehead atoms. The van der Waals surface area contributed by atoms with Crippen molar-refractivity contribution < 1.29 is 9.53 Å². The predicted octanol–water partition coefficient (Wildman–Crippen LogP) is 6.73. The van der Waals surface area contributed by atoms with Crippen LogP contribution in [0.2, 0.25) is 0 Å². The third-order valence-corrected chi connectivity index (χ3v) is 8.02. The predicted molar refractivity (Wildman–Crippen MR) is 135 cm³/mol. The van der Waals surface area contributed by atoms with Crippen LogP contribution in [0.15, 0.2) is 28.9 Å². The quantitative estimate of drug-likeness (QED) is 0.441. The Morgan fingerprint density at radius 1 is 1.18 bits per heavy atom. The van der Waals surface area contributed by atoms with Gasteiger partial charge in [0.15, 0.2) is 0 Å². The van der Waals surface area contributed by atoms with Crippen molar-refractivity contribution in [3.05, 3.63) is 40.3 Å². The highest BCUT2D eigenvalue weighted by molar-refractivity contribution is 9.10. The van der Waals surface area contributed by atoms with Gasteiger partial charge in [0.1, 0.15) is 11.4 Å². The molecule has 2 aromatic heterocycles. The van der Waals surface area contributed by atoms with Crippen molar-refractivity contribution in [3.8, 4) is 0 Å². The van der Waals surface area contributed by atoms with Crippen molar-refractivity contribution in [2.45, 2.75) is 90.1 Å². The summed E-state index contributed by atoms with van der Waals surface area (Å²) < 4.78 is 8.81. The summed E-state index contributed by atoms with van der Waals surface area (Å²) in [5.41, 5.74) is 2.32. The molecule has 7 heteroatoms. The summed E-state index contributed by atoms with van der Waals surface area (Å²) in [4.78, 5) is 19.5. The van der Waals surface area contributed by atoms with Crippen molar-refractivity contribution in [1.29, 1.82) is 0 Å². The number of aromatic nitrogens is 3. The second-order valence-electron chi connectivity index (χ2n) is 11.4. The minimum Gasteiger partial charge on any atom is -0.443 e. The first kappa shape index (κ1) is 24.2. The fourth-order valence-electron chi connectivity index (χ4n) is 5.59. The summed E-state index contributed by atoms with van der Waals surface area (Å²) in [6, 6.07) is 6.12. The number of nitrogens with zero attached hydrogens (tertiary/aromatic N) is 4. The number of amides is 1. The number of carbonyl (C=O) groups is 1. The van der Waals surface area contributed by atoms with Gasteiger partial charge in [0.2, 0.25) is 0 Å². The Bertz CT molecular complexity index is 999. The Balaban J connectivity index is 1.56. The summed E-state index contributed by atoms with van der Waals surface area (Å²) in [5.74, 6) is 1.08. The average Bonchev–Trinajstić information content (AvgIpc) is 3.15. The Kier molecular flexibility index (Phi) is 6.40. The zero-order valence-corrected chi connectivity index (χ0v) is 22.4. The number of ether oxygens (including phenoxy) is 1. The molecule has 3 aliphatic carbocycles. The fraction of sp³-hybridized carbons (Fsp3) is 0.654. The molecule has 0 saturated heterocycles. The fourth-order valence-corrected chi connectivity index (χ4v) is 5.91. The van der Waals surface area contributed by atoms with E-state index in [1.807, 2.05) is 32.9 Å². The zero-order chi connectivity index (χ0) is 24.0. The van der Waals surface area contributed by atoms with E-state index in [-0.39, 0.29) is 16.9 Å². The number of fused-ring (bicyclic) bond motifs is 3. The Labute approximate surface area is 206 Å². The number of carbonyl (C=O) groups excluding carboxylic acids is 1. The highest BCUT2D eigenvalue weighted by atomic mass is 79.9. The minimum absolute atomic E-state index is 0.0993. The van der Waals surface area contributed by atoms with Crippen molar-refractivity contribution >= 4 is 27.8 Å². The molecular weight excluding hydrogens is 480 g/mol. The molecule has 33 heavy (non-hydrogen) atoms. The molecule has 0 atom stereocenters. The molecule has 180 valence electrons. The lowest BCUT2D eigenvalue weighted by molar-refractivity contribution is 0.0314. The molecule has 1 amide bonds. The molecule has 0 N–H and O–H groups in total. The number of anilines is 1. The SMILES string of the molecule is CC(C)c1cc(C23CCC(CN(C(=O)OC(C)(C)C)c4cc(Br)ccn4)(CC2)CC3)n(C)n1. The maximum atomic E-state index is 13.2. The van der Waals surface area contributed by atoms with Crippen LogP contribution in [0.25, 0.3) is 0 Å². The standard InChI is InChI=1S/C26H37BrN4O2/c1-18(2)20-16-21(30(6)29-20)26-11-8-25(9-12-26,10-13-26)17-31(23(32)33-24(3,4)5)22-15-19(27)7-14-28-22/h7,14-16,18H,8-13,17H2,1-6H3. The summed E-state index contributed by atoms with van der Waals surface area (Å²) in [7, 11) is 2.09. The van der Waals surface area contributed by atoms with Crippen molar-refractivity contribution in [3.63, 3.8) is 0 Å². The van der Waals surface area contributed by atoms with E-state index in [2.05, 4.69) is 52.6 Å². The van der Waals surface area contributed by atoms with Gasteiger partial charge in [-0.25, -0.2) is 9.78 Å². The summed E-state index contributed by atoms with van der Waals surface area (Å²) in [6.07, 6.45) is 8.12. The van der Waals surface area contributed by atoms with E-state index in [4.69, 9.17) is 9.84 Å². The van der Waals surface area contributed by atoms with Gasteiger partial charge in [-0.05, 0) is 88.8 Å². The molecule has 0 spiro atoms. The van der Waals surface area contributed by atoms with Crippen LogP contribution in [-0.4, -0.2) is 33.0 Å². The topological polar surface area (TPSA) is 60.3 Å². The first-order valence-electron chi connectivity index (χ1n) is 12.1. The third kappa shape index (κ3) is 4.98. The highest BCUT2D eigenvalue weighted by Gasteiger charge is 2.51. The summed E-state index contributed by atoms with van der Waals surface area (Å²) in [6.45, 7) is 10.8. The second kappa shape index (κ2) is 8.71. The van der Waals surface area contributed by atoms with E-state index in [0.29, 0.717) is 18.3 Å². The Morgan fingerprint density at radius 3 is 2.33 bits per heavy atom. The number of aryl methyl sites for hydroxylation is 1. The maximum absolute atomic E-state index is 13.2. The number of hydrogen-bond acceptors (Lipinski definition) is 4. The lowest BCUT2D eigenvalue weighted by atomic mass is 9.52. The van der Waals surface area contributed by atoms with Gasteiger partial charge in [0.05, 0.1) is 5.69 Å². The van der Waals surface area contributed by atoms with E-state index in [1.54, 1.807) is 11.1 Å². The van der Waals surface area contributed by atoms with Crippen LogP contribution in [0.3, 0.4) is 0 Å². The first-order chi connectivity index (χ1) is 15.4. The third-order valence-electron chi connectivity index (χ3n) is 7.53. The number of pyridine rings is 1. The number of rotatable bonds is 5. The van der Waals surface area contributed by atoms with Crippen LogP contribution in [-0.2, 0) is 17.2 Å². The molecule has 0 aliphatic heterocycles. The van der Waals surface area contributed by atoms with Crippen LogP contribution in [0.4, 0.5) is 10.6 Å². The van der Waals surface area contributed by atoms with Crippen LogP contribution in [0.1, 0.15) is 90.4 Å². The number of hydrogen-bond donors (Lipinski definition) is 0. The minimum atomic E-state index is -0.555. The molecule has 3 aliphatic rings. The van der Waals surface area contributed by atoms with Crippen molar-refractivity contribution in [2.75, 3.05) is 11.4 Å². The first-order valence-corrected chi connectivity index (χ1v) is 12.9. The van der Waals surface area contributed by atoms with Gasteiger partial charge >= 0.3 is 6.09 Å². The Hall–Kier alpha value is -1.89. The maximum Gasteiger partial charge on any atom is 0.416 e. The summed E-state index contributed by atoms with van der Waals surface area (Å²) in [5, 5.41) is 4.80. The smallest absolute Gasteiger partial charge is 0.416 e. The molecule has 5 rings (SSSR count). The van der Waals surface area contributed by atoms with Crippen molar-refractivity contribution in [1.82, 2.24) is 14.8 Å². The van der Waals surface area contributed by atoms with Crippen LogP contribution in [0.5, 0.6) is 0 Å². The lowest BCUT2D eigenvalue weighted by Crippen LogP contribution is -2.51. The molecule has 0 unspecified atom stereocenters. The van der Waals surface area contributed by atoms with Gasteiger partial charge in [0.25, 0.3) is 0 Å². The van der Waals surface area contributed by atoms with Gasteiger partial charge in [-0.2, -0.15) is 5.10 Å². The molecular formula is C26H37BrN4O2. The molecule has 3 saturated carbocycles. The van der Waals surface area contributed by atoms with Crippen LogP contribution >= 0.6 is 15.9 Å². The van der Waals surface area contributed by atoms with Gasteiger partial charge < -0.3 is 4.74 Å². The van der Waals surface area contributed by atoms with Crippen LogP contribution < -0.4 is 4.90 Å². The molecule has 2 heterocycles. The molecule has 6 nitrogen and oxygen atoms in total. The normalized spacial score (nSPS) is 24.8. The molecule has 0 radical (unpaired) electrons. The summed E-state index contributed by atoms with van der Waals surface area (Å²) >= 11 is 3.53. The molecule has 0 aromatic carbocycles. The average molecular weight is 518 g/mol. The van der Waals surface area contributed by atoms with Gasteiger partial charge in [-0.1, -0.05) is 29.8 Å². The van der Waals surface area contributed by atoms with Crippen molar-refractivity contribution in [2.24, 2.45) is 12.5 Å². The van der Waals surface area contributed by atoms with E-state index in [1.165, 1.54) is 11.4 Å². The van der Waals surface area contributed by atoms with E-state index < -0.39 is 5.60 Å².